The Morgan fingerprint density at radius 1 is 1.26 bits per heavy atom. The standard InChI is InChI=1S/C19H34N6O.HI/c1-15(2)18-22-17(26-23-18)7-9-21-19(20-3)25-12-8-16(14-25)13-24-10-5-4-6-11-24;/h15-16H,4-14H2,1-3H3,(H,20,21);1H. The average molecular weight is 490 g/mol. The largest absolute Gasteiger partial charge is 0.356 e. The molecule has 2 fully saturated rings. The Hall–Kier alpha value is -0.900. The van der Waals surface area contributed by atoms with E-state index in [1.165, 1.54) is 45.3 Å². The summed E-state index contributed by atoms with van der Waals surface area (Å²) in [6, 6.07) is 0. The molecule has 3 heterocycles. The minimum Gasteiger partial charge on any atom is -0.356 e. The summed E-state index contributed by atoms with van der Waals surface area (Å²) in [4.78, 5) is 13.9. The average Bonchev–Trinajstić information content (AvgIpc) is 3.29. The molecule has 8 heteroatoms. The second-order valence-corrected chi connectivity index (χ2v) is 7.89. The van der Waals surface area contributed by atoms with E-state index in [9.17, 15) is 0 Å². The quantitative estimate of drug-likeness (QED) is 0.376. The normalized spacial score (nSPS) is 21.6. The molecule has 1 aromatic rings. The number of rotatable bonds is 6. The Bertz CT molecular complexity index is 585. The van der Waals surface area contributed by atoms with E-state index < -0.39 is 0 Å². The zero-order valence-electron chi connectivity index (χ0n) is 17.0. The number of hydrogen-bond acceptors (Lipinski definition) is 5. The predicted octanol–water partition coefficient (Wildman–Crippen LogP) is 2.74. The van der Waals surface area contributed by atoms with Crippen LogP contribution < -0.4 is 5.32 Å². The van der Waals surface area contributed by atoms with Crippen molar-refractivity contribution in [1.82, 2.24) is 25.3 Å². The topological polar surface area (TPSA) is 69.8 Å². The summed E-state index contributed by atoms with van der Waals surface area (Å²) >= 11 is 0. The second-order valence-electron chi connectivity index (χ2n) is 7.89. The van der Waals surface area contributed by atoms with E-state index in [4.69, 9.17) is 4.52 Å². The lowest BCUT2D eigenvalue weighted by atomic mass is 10.1. The van der Waals surface area contributed by atoms with Crippen molar-refractivity contribution in [2.75, 3.05) is 46.3 Å². The van der Waals surface area contributed by atoms with E-state index in [2.05, 4.69) is 44.1 Å². The highest BCUT2D eigenvalue weighted by molar-refractivity contribution is 14.0. The molecule has 154 valence electrons. The molecule has 2 aliphatic heterocycles. The number of aliphatic imine (C=N–C) groups is 1. The molecule has 0 spiro atoms. The van der Waals surface area contributed by atoms with Crippen LogP contribution >= 0.6 is 24.0 Å². The summed E-state index contributed by atoms with van der Waals surface area (Å²) in [5, 5.41) is 7.47. The number of nitrogens with one attached hydrogen (secondary N) is 1. The molecule has 0 radical (unpaired) electrons. The Morgan fingerprint density at radius 2 is 2.04 bits per heavy atom. The highest BCUT2D eigenvalue weighted by atomic mass is 127. The maximum absolute atomic E-state index is 5.31. The molecule has 0 aromatic carbocycles. The molecule has 0 bridgehead atoms. The zero-order valence-corrected chi connectivity index (χ0v) is 19.3. The number of guanidine groups is 1. The van der Waals surface area contributed by atoms with Gasteiger partial charge in [0.2, 0.25) is 5.89 Å². The summed E-state index contributed by atoms with van der Waals surface area (Å²) < 4.78 is 5.31. The van der Waals surface area contributed by atoms with Gasteiger partial charge in [0, 0.05) is 45.6 Å². The van der Waals surface area contributed by atoms with Crippen molar-refractivity contribution in [3.63, 3.8) is 0 Å². The van der Waals surface area contributed by atoms with Gasteiger partial charge < -0.3 is 19.6 Å². The SMILES string of the molecule is CN=C(NCCc1nc(C(C)C)no1)N1CCC(CN2CCCCC2)C1.I. The fourth-order valence-electron chi connectivity index (χ4n) is 3.90. The first-order chi connectivity index (χ1) is 12.7. The van der Waals surface area contributed by atoms with Gasteiger partial charge in [-0.2, -0.15) is 4.98 Å². The van der Waals surface area contributed by atoms with E-state index in [0.717, 1.165) is 43.8 Å². The number of likely N-dealkylation sites (tertiary alicyclic amines) is 2. The molecule has 2 aliphatic rings. The van der Waals surface area contributed by atoms with E-state index >= 15 is 0 Å². The van der Waals surface area contributed by atoms with Crippen LogP contribution in [0.5, 0.6) is 0 Å². The van der Waals surface area contributed by atoms with E-state index in [1.807, 2.05) is 7.05 Å². The third-order valence-electron chi connectivity index (χ3n) is 5.38. The molecule has 1 aromatic heterocycles. The Morgan fingerprint density at radius 3 is 2.70 bits per heavy atom. The fraction of sp³-hybridized carbons (Fsp3) is 0.842. The summed E-state index contributed by atoms with van der Waals surface area (Å²) in [7, 11) is 1.86. The van der Waals surface area contributed by atoms with E-state index in [1.54, 1.807) is 0 Å². The molecule has 1 atom stereocenters. The predicted molar refractivity (Wildman–Crippen MR) is 119 cm³/mol. The molecular weight excluding hydrogens is 455 g/mol. The number of piperidine rings is 1. The fourth-order valence-corrected chi connectivity index (χ4v) is 3.90. The number of nitrogens with zero attached hydrogens (tertiary/aromatic N) is 5. The van der Waals surface area contributed by atoms with Gasteiger partial charge in [-0.25, -0.2) is 0 Å². The Balaban J connectivity index is 0.00000261. The number of halogens is 1. The molecule has 0 aliphatic carbocycles. The summed E-state index contributed by atoms with van der Waals surface area (Å²) in [6.07, 6.45) is 6.13. The lowest BCUT2D eigenvalue weighted by molar-refractivity contribution is 0.198. The minimum absolute atomic E-state index is 0. The maximum atomic E-state index is 5.31. The third kappa shape index (κ3) is 6.58. The van der Waals surface area contributed by atoms with Crippen molar-refractivity contribution in [2.24, 2.45) is 10.9 Å². The van der Waals surface area contributed by atoms with Crippen LogP contribution in [0.2, 0.25) is 0 Å². The number of aromatic nitrogens is 2. The molecular formula is C19H35IN6O. The molecule has 1 unspecified atom stereocenters. The van der Waals surface area contributed by atoms with Crippen LogP contribution in [-0.4, -0.2) is 72.2 Å². The van der Waals surface area contributed by atoms with Gasteiger partial charge in [-0.3, -0.25) is 4.99 Å². The van der Waals surface area contributed by atoms with E-state index in [0.29, 0.717) is 11.8 Å². The monoisotopic (exact) mass is 490 g/mol. The minimum atomic E-state index is 0. The smallest absolute Gasteiger partial charge is 0.228 e. The van der Waals surface area contributed by atoms with Gasteiger partial charge in [0.05, 0.1) is 0 Å². The van der Waals surface area contributed by atoms with Gasteiger partial charge in [-0.05, 0) is 38.3 Å². The molecule has 0 saturated carbocycles. The molecule has 1 N–H and O–H groups in total. The lowest BCUT2D eigenvalue weighted by Crippen LogP contribution is -2.42. The first kappa shape index (κ1) is 22.4. The summed E-state index contributed by atoms with van der Waals surface area (Å²) in [5.41, 5.74) is 0. The maximum Gasteiger partial charge on any atom is 0.228 e. The van der Waals surface area contributed by atoms with Crippen LogP contribution in [0.15, 0.2) is 9.52 Å². The van der Waals surface area contributed by atoms with Crippen molar-refractivity contribution in [2.45, 2.75) is 51.9 Å². The van der Waals surface area contributed by atoms with E-state index in [-0.39, 0.29) is 24.0 Å². The first-order valence-electron chi connectivity index (χ1n) is 10.2. The highest BCUT2D eigenvalue weighted by Gasteiger charge is 2.26. The van der Waals surface area contributed by atoms with Gasteiger partial charge in [-0.1, -0.05) is 25.4 Å². The van der Waals surface area contributed by atoms with Gasteiger partial charge in [0.1, 0.15) is 0 Å². The van der Waals surface area contributed by atoms with Crippen LogP contribution in [0.3, 0.4) is 0 Å². The van der Waals surface area contributed by atoms with Gasteiger partial charge in [0.25, 0.3) is 0 Å². The van der Waals surface area contributed by atoms with Crippen LogP contribution in [0.25, 0.3) is 0 Å². The Kier molecular flexibility index (Phi) is 9.28. The van der Waals surface area contributed by atoms with Crippen LogP contribution in [0.4, 0.5) is 0 Å². The van der Waals surface area contributed by atoms with Gasteiger partial charge in [0.15, 0.2) is 11.8 Å². The Labute approximate surface area is 180 Å². The van der Waals surface area contributed by atoms with Crippen molar-refractivity contribution in [1.29, 1.82) is 0 Å². The summed E-state index contributed by atoms with van der Waals surface area (Å²) in [6.45, 7) is 10.9. The van der Waals surface area contributed by atoms with Crippen molar-refractivity contribution < 1.29 is 4.52 Å². The first-order valence-corrected chi connectivity index (χ1v) is 10.2. The molecule has 7 nitrogen and oxygen atoms in total. The van der Waals surface area contributed by atoms with Crippen LogP contribution in [0, 0.1) is 5.92 Å². The molecule has 2 saturated heterocycles. The second kappa shape index (κ2) is 11.2. The lowest BCUT2D eigenvalue weighted by Gasteiger charge is -2.29. The third-order valence-corrected chi connectivity index (χ3v) is 5.38. The van der Waals surface area contributed by atoms with Gasteiger partial charge in [-0.15, -0.1) is 24.0 Å². The molecule has 0 amide bonds. The summed E-state index contributed by atoms with van der Waals surface area (Å²) in [5.74, 6) is 3.53. The highest BCUT2D eigenvalue weighted by Crippen LogP contribution is 2.20. The van der Waals surface area contributed by atoms with Gasteiger partial charge >= 0.3 is 0 Å². The molecule has 27 heavy (non-hydrogen) atoms. The van der Waals surface area contributed by atoms with Crippen molar-refractivity contribution in [3.05, 3.63) is 11.7 Å². The van der Waals surface area contributed by atoms with Crippen LogP contribution in [-0.2, 0) is 6.42 Å². The zero-order chi connectivity index (χ0) is 18.4. The number of hydrogen-bond donors (Lipinski definition) is 1. The van der Waals surface area contributed by atoms with Crippen molar-refractivity contribution >= 4 is 29.9 Å². The van der Waals surface area contributed by atoms with Crippen molar-refractivity contribution in [3.8, 4) is 0 Å². The van der Waals surface area contributed by atoms with Crippen LogP contribution in [0.1, 0.15) is 57.2 Å². The molecule has 3 rings (SSSR count).